The van der Waals surface area contributed by atoms with Gasteiger partial charge in [-0.15, -0.1) is 0 Å². The number of nitrogens with zero attached hydrogens (tertiary/aromatic N) is 1. The van der Waals surface area contributed by atoms with Gasteiger partial charge in [0.05, 0.1) is 17.2 Å². The second-order valence-corrected chi connectivity index (χ2v) is 6.22. The highest BCUT2D eigenvalue weighted by Gasteiger charge is 2.10. The lowest BCUT2D eigenvalue weighted by Gasteiger charge is -2.07. The van der Waals surface area contributed by atoms with E-state index in [1.165, 1.54) is 0 Å². The summed E-state index contributed by atoms with van der Waals surface area (Å²) in [7, 11) is 0. The number of rotatable bonds is 3. The van der Waals surface area contributed by atoms with Crippen molar-refractivity contribution in [1.82, 2.24) is 5.32 Å². The Kier molecular flexibility index (Phi) is 5.15. The van der Waals surface area contributed by atoms with Gasteiger partial charge in [0.25, 0.3) is 5.91 Å². The van der Waals surface area contributed by atoms with E-state index < -0.39 is 0 Å². The van der Waals surface area contributed by atoms with Crippen LogP contribution in [0.3, 0.4) is 0 Å². The molecule has 3 nitrogen and oxygen atoms in total. The van der Waals surface area contributed by atoms with Gasteiger partial charge in [0.1, 0.15) is 0 Å². The lowest BCUT2D eigenvalue weighted by atomic mass is 10.1. The van der Waals surface area contributed by atoms with Gasteiger partial charge in [-0.05, 0) is 74.4 Å². The van der Waals surface area contributed by atoms with Gasteiger partial charge in [-0.3, -0.25) is 4.79 Å². The Hall–Kier alpha value is -1.39. The highest BCUT2D eigenvalue weighted by atomic mass is 127. The van der Waals surface area contributed by atoms with E-state index in [0.717, 1.165) is 13.6 Å². The predicted molar refractivity (Wildman–Crippen MR) is 89.2 cm³/mol. The monoisotopic (exact) mass is 440 g/mol. The van der Waals surface area contributed by atoms with Gasteiger partial charge in [-0.1, -0.05) is 12.1 Å². The van der Waals surface area contributed by atoms with Crippen molar-refractivity contribution >= 4 is 44.4 Å². The van der Waals surface area contributed by atoms with Gasteiger partial charge in [-0.2, -0.15) is 5.26 Å². The van der Waals surface area contributed by atoms with Gasteiger partial charge >= 0.3 is 0 Å². The average molecular weight is 441 g/mol. The van der Waals surface area contributed by atoms with Crippen molar-refractivity contribution in [2.45, 2.75) is 6.54 Å². The van der Waals surface area contributed by atoms with E-state index in [4.69, 9.17) is 5.26 Å². The molecular weight excluding hydrogens is 431 g/mol. The zero-order valence-corrected chi connectivity index (χ0v) is 14.1. The number of hydrogen-bond donors (Lipinski definition) is 1. The number of nitrogens with one attached hydrogen (secondary N) is 1. The van der Waals surface area contributed by atoms with E-state index in [1.54, 1.807) is 12.1 Å². The van der Waals surface area contributed by atoms with Gasteiger partial charge in [0, 0.05) is 14.6 Å². The molecule has 1 N–H and O–H groups in total. The Bertz CT molecular complexity index is 677. The van der Waals surface area contributed by atoms with Crippen LogP contribution in [0.2, 0.25) is 0 Å². The van der Waals surface area contributed by atoms with Crippen LogP contribution in [0.5, 0.6) is 0 Å². The molecular formula is C15H10BrIN2O. The number of halogens is 2. The third-order valence-electron chi connectivity index (χ3n) is 2.71. The summed E-state index contributed by atoms with van der Waals surface area (Å²) in [4.78, 5) is 12.1. The van der Waals surface area contributed by atoms with Crippen LogP contribution < -0.4 is 5.32 Å². The van der Waals surface area contributed by atoms with Crippen molar-refractivity contribution in [1.29, 1.82) is 5.26 Å². The topological polar surface area (TPSA) is 52.9 Å². The number of carbonyl (C=O) groups is 1. The molecule has 5 heteroatoms. The van der Waals surface area contributed by atoms with Gasteiger partial charge < -0.3 is 5.32 Å². The molecule has 20 heavy (non-hydrogen) atoms. The Morgan fingerprint density at radius 3 is 2.60 bits per heavy atom. The predicted octanol–water partition coefficient (Wildman–Crippen LogP) is 3.86. The summed E-state index contributed by atoms with van der Waals surface area (Å²) in [6.45, 7) is 0.433. The largest absolute Gasteiger partial charge is 0.348 e. The molecule has 100 valence electrons. The smallest absolute Gasteiger partial charge is 0.252 e. The molecule has 0 aliphatic rings. The van der Waals surface area contributed by atoms with E-state index in [9.17, 15) is 4.79 Å². The molecule has 0 fully saturated rings. The first-order valence-corrected chi connectivity index (χ1v) is 7.69. The molecule has 0 aliphatic carbocycles. The second-order valence-electron chi connectivity index (χ2n) is 4.12. The lowest BCUT2D eigenvalue weighted by molar-refractivity contribution is 0.0950. The Morgan fingerprint density at radius 1 is 1.25 bits per heavy atom. The lowest BCUT2D eigenvalue weighted by Crippen LogP contribution is -2.23. The Labute approximate surface area is 139 Å². The molecule has 2 aromatic rings. The molecule has 0 atom stereocenters. The van der Waals surface area contributed by atoms with Crippen molar-refractivity contribution in [2.24, 2.45) is 0 Å². The van der Waals surface area contributed by atoms with Crippen LogP contribution in [0.1, 0.15) is 21.5 Å². The van der Waals surface area contributed by atoms with Crippen LogP contribution in [0.25, 0.3) is 0 Å². The molecule has 0 unspecified atom stereocenters. The summed E-state index contributed by atoms with van der Waals surface area (Å²) < 4.78 is 1.78. The fourth-order valence-corrected chi connectivity index (χ4v) is 2.56. The first-order valence-electron chi connectivity index (χ1n) is 5.82. The minimum Gasteiger partial charge on any atom is -0.348 e. The van der Waals surface area contributed by atoms with Crippen molar-refractivity contribution < 1.29 is 4.79 Å². The van der Waals surface area contributed by atoms with Crippen LogP contribution >= 0.6 is 38.5 Å². The molecule has 0 radical (unpaired) electrons. The fraction of sp³-hybridized carbons (Fsp3) is 0.0667. The maximum Gasteiger partial charge on any atom is 0.252 e. The molecule has 0 heterocycles. The molecule has 0 spiro atoms. The van der Waals surface area contributed by atoms with Crippen molar-refractivity contribution in [3.8, 4) is 6.07 Å². The maximum atomic E-state index is 12.1. The third kappa shape index (κ3) is 3.81. The van der Waals surface area contributed by atoms with Crippen LogP contribution in [0.4, 0.5) is 0 Å². The van der Waals surface area contributed by atoms with E-state index in [-0.39, 0.29) is 5.91 Å². The third-order valence-corrected chi connectivity index (χ3v) is 4.07. The summed E-state index contributed by atoms with van der Waals surface area (Å²) in [6.07, 6.45) is 0. The second kappa shape index (κ2) is 6.86. The van der Waals surface area contributed by atoms with Gasteiger partial charge in [0.2, 0.25) is 0 Å². The van der Waals surface area contributed by atoms with E-state index in [1.807, 2.05) is 30.3 Å². The fourth-order valence-electron chi connectivity index (χ4n) is 1.65. The van der Waals surface area contributed by atoms with Crippen molar-refractivity contribution in [3.63, 3.8) is 0 Å². The minimum atomic E-state index is -0.125. The summed E-state index contributed by atoms with van der Waals surface area (Å²) in [6, 6.07) is 14.8. The number of nitriles is 1. The SMILES string of the molecule is N#Cc1ccc(CNC(=O)c2cc(I)ccc2Br)cc1. The van der Waals surface area contributed by atoms with Gasteiger partial charge in [0.15, 0.2) is 0 Å². The van der Waals surface area contributed by atoms with Crippen LogP contribution in [-0.4, -0.2) is 5.91 Å². The normalized spacial score (nSPS) is 9.85. The maximum absolute atomic E-state index is 12.1. The van der Waals surface area contributed by atoms with Crippen LogP contribution in [0.15, 0.2) is 46.9 Å². The number of amides is 1. The van der Waals surface area contributed by atoms with Crippen LogP contribution in [-0.2, 0) is 6.54 Å². The zero-order chi connectivity index (χ0) is 14.5. The quantitative estimate of drug-likeness (QED) is 0.737. The highest BCUT2D eigenvalue weighted by molar-refractivity contribution is 14.1. The number of carbonyl (C=O) groups excluding carboxylic acids is 1. The molecule has 0 saturated carbocycles. The van der Waals surface area contributed by atoms with E-state index in [0.29, 0.717) is 17.7 Å². The molecule has 0 bridgehead atoms. The Balaban J connectivity index is 2.04. The summed E-state index contributed by atoms with van der Waals surface area (Å²) in [5.41, 5.74) is 2.19. The first kappa shape index (κ1) is 15.0. The van der Waals surface area contributed by atoms with E-state index in [2.05, 4.69) is 49.9 Å². The zero-order valence-electron chi connectivity index (χ0n) is 10.4. The average Bonchev–Trinajstić information content (AvgIpc) is 2.47. The van der Waals surface area contributed by atoms with Crippen molar-refractivity contribution in [3.05, 3.63) is 67.2 Å². The summed E-state index contributed by atoms with van der Waals surface area (Å²) >= 11 is 5.55. The number of hydrogen-bond acceptors (Lipinski definition) is 2. The molecule has 0 aromatic heterocycles. The summed E-state index contributed by atoms with van der Waals surface area (Å²) in [5.74, 6) is -0.125. The standard InChI is InChI=1S/C15H10BrIN2O/c16-14-6-5-12(17)7-13(14)15(20)19-9-11-3-1-10(8-18)2-4-11/h1-7H,9H2,(H,19,20). The van der Waals surface area contributed by atoms with Gasteiger partial charge in [-0.25, -0.2) is 0 Å². The molecule has 1 amide bonds. The highest BCUT2D eigenvalue weighted by Crippen LogP contribution is 2.19. The summed E-state index contributed by atoms with van der Waals surface area (Å²) in [5, 5.41) is 11.6. The van der Waals surface area contributed by atoms with E-state index >= 15 is 0 Å². The Morgan fingerprint density at radius 2 is 1.95 bits per heavy atom. The number of benzene rings is 2. The minimum absolute atomic E-state index is 0.125. The van der Waals surface area contributed by atoms with Crippen molar-refractivity contribution in [2.75, 3.05) is 0 Å². The molecule has 2 aromatic carbocycles. The van der Waals surface area contributed by atoms with Crippen LogP contribution in [0, 0.1) is 14.9 Å². The molecule has 0 saturated heterocycles. The first-order chi connectivity index (χ1) is 9.60. The molecule has 0 aliphatic heterocycles. The molecule has 2 rings (SSSR count).